The third kappa shape index (κ3) is 6.39. The van der Waals surface area contributed by atoms with Crippen LogP contribution in [-0.2, 0) is 22.6 Å². The molecule has 1 aromatic heterocycles. The van der Waals surface area contributed by atoms with Crippen LogP contribution in [0.25, 0.3) is 11.3 Å². The summed E-state index contributed by atoms with van der Waals surface area (Å²) in [7, 11) is 3.22. The molecule has 3 aromatic carbocycles. The van der Waals surface area contributed by atoms with Gasteiger partial charge in [0.2, 0.25) is 11.8 Å². The smallest absolute Gasteiger partial charge is 0.249 e. The standard InChI is InChI=1S/C30H31N3O4S/c1-30(2,29(35)31-23-12-16-25(37-4)17-13-23)33(28(34)18-21-8-6-5-7-9-21)19-27-32-26(20-38-27)22-10-14-24(36-3)15-11-22/h5-17,20H,18-19H2,1-4H3,(H,31,35). The van der Waals surface area contributed by atoms with Crippen LogP contribution in [0.4, 0.5) is 5.69 Å². The first-order chi connectivity index (χ1) is 18.3. The zero-order chi connectivity index (χ0) is 27.1. The van der Waals surface area contributed by atoms with Crippen molar-refractivity contribution in [3.63, 3.8) is 0 Å². The maximum absolute atomic E-state index is 13.6. The number of hydrogen-bond acceptors (Lipinski definition) is 6. The molecule has 0 saturated carbocycles. The minimum absolute atomic E-state index is 0.160. The topological polar surface area (TPSA) is 80.8 Å². The van der Waals surface area contributed by atoms with Crippen LogP contribution in [0, 0.1) is 0 Å². The van der Waals surface area contributed by atoms with Crippen molar-refractivity contribution in [1.82, 2.24) is 9.88 Å². The first-order valence-corrected chi connectivity index (χ1v) is 13.1. The summed E-state index contributed by atoms with van der Waals surface area (Å²) in [6, 6.07) is 24.3. The maximum atomic E-state index is 13.6. The molecule has 0 radical (unpaired) electrons. The molecule has 0 unspecified atom stereocenters. The number of carbonyl (C=O) groups excluding carboxylic acids is 2. The summed E-state index contributed by atoms with van der Waals surface area (Å²) in [6.45, 7) is 3.72. The van der Waals surface area contributed by atoms with Gasteiger partial charge in [-0.3, -0.25) is 9.59 Å². The number of nitrogens with zero attached hydrogens (tertiary/aromatic N) is 2. The van der Waals surface area contributed by atoms with E-state index >= 15 is 0 Å². The summed E-state index contributed by atoms with van der Waals surface area (Å²) in [5.74, 6) is 1.01. The number of rotatable bonds is 10. The number of ether oxygens (including phenoxy) is 2. The zero-order valence-electron chi connectivity index (χ0n) is 21.9. The number of carbonyl (C=O) groups is 2. The van der Waals surface area contributed by atoms with Crippen molar-refractivity contribution in [2.24, 2.45) is 0 Å². The molecule has 1 heterocycles. The Balaban J connectivity index is 1.58. The summed E-state index contributed by atoms with van der Waals surface area (Å²) < 4.78 is 10.4. The Hall–Kier alpha value is -4.17. The van der Waals surface area contributed by atoms with Gasteiger partial charge >= 0.3 is 0 Å². The molecule has 0 aliphatic rings. The van der Waals surface area contributed by atoms with Gasteiger partial charge < -0.3 is 19.7 Å². The predicted molar refractivity (Wildman–Crippen MR) is 151 cm³/mol. The van der Waals surface area contributed by atoms with Crippen molar-refractivity contribution in [2.45, 2.75) is 32.4 Å². The van der Waals surface area contributed by atoms with Crippen LogP contribution >= 0.6 is 11.3 Å². The Morgan fingerprint density at radius 1 is 0.895 bits per heavy atom. The number of methoxy groups -OCH3 is 2. The highest BCUT2D eigenvalue weighted by Crippen LogP contribution is 2.28. The minimum atomic E-state index is -1.16. The van der Waals surface area contributed by atoms with E-state index in [1.165, 1.54) is 11.3 Å². The number of amides is 2. The molecule has 1 N–H and O–H groups in total. The van der Waals surface area contributed by atoms with Crippen LogP contribution in [0.15, 0.2) is 84.2 Å². The molecule has 196 valence electrons. The lowest BCUT2D eigenvalue weighted by Crippen LogP contribution is -2.55. The van der Waals surface area contributed by atoms with Crippen molar-refractivity contribution in [1.29, 1.82) is 0 Å². The molecule has 0 aliphatic heterocycles. The van der Waals surface area contributed by atoms with Gasteiger partial charge in [-0.2, -0.15) is 0 Å². The van der Waals surface area contributed by atoms with Gasteiger partial charge in [0.15, 0.2) is 0 Å². The number of anilines is 1. The van der Waals surface area contributed by atoms with Gasteiger partial charge in [0.05, 0.1) is 32.9 Å². The van der Waals surface area contributed by atoms with E-state index in [0.29, 0.717) is 11.4 Å². The van der Waals surface area contributed by atoms with Gasteiger partial charge in [-0.1, -0.05) is 30.3 Å². The molecule has 0 saturated heterocycles. The van der Waals surface area contributed by atoms with Crippen LogP contribution in [0.2, 0.25) is 0 Å². The quantitative estimate of drug-likeness (QED) is 0.280. The van der Waals surface area contributed by atoms with Crippen LogP contribution < -0.4 is 14.8 Å². The van der Waals surface area contributed by atoms with Gasteiger partial charge in [0.25, 0.3) is 0 Å². The van der Waals surface area contributed by atoms with Crippen LogP contribution in [0.3, 0.4) is 0 Å². The Kier molecular flexibility index (Phi) is 8.43. The van der Waals surface area contributed by atoms with E-state index < -0.39 is 5.54 Å². The first-order valence-electron chi connectivity index (χ1n) is 12.2. The SMILES string of the molecule is COc1ccc(NC(=O)C(C)(C)N(Cc2nc(-c3ccc(OC)cc3)cs2)C(=O)Cc2ccccc2)cc1. The molecular weight excluding hydrogens is 498 g/mol. The monoisotopic (exact) mass is 529 g/mol. The number of hydrogen-bond donors (Lipinski definition) is 1. The number of thiazole rings is 1. The highest BCUT2D eigenvalue weighted by molar-refractivity contribution is 7.09. The molecule has 38 heavy (non-hydrogen) atoms. The van der Waals surface area contributed by atoms with E-state index in [1.54, 1.807) is 57.2 Å². The zero-order valence-corrected chi connectivity index (χ0v) is 22.7. The predicted octanol–water partition coefficient (Wildman–Crippen LogP) is 5.82. The average Bonchev–Trinajstić information content (AvgIpc) is 3.41. The van der Waals surface area contributed by atoms with Crippen LogP contribution in [0.5, 0.6) is 11.5 Å². The van der Waals surface area contributed by atoms with Gasteiger partial charge in [0, 0.05) is 16.6 Å². The highest BCUT2D eigenvalue weighted by atomic mass is 32.1. The lowest BCUT2D eigenvalue weighted by atomic mass is 9.99. The van der Waals surface area contributed by atoms with E-state index in [-0.39, 0.29) is 24.8 Å². The van der Waals surface area contributed by atoms with E-state index in [9.17, 15) is 9.59 Å². The molecular formula is C30H31N3O4S. The molecule has 8 heteroatoms. The molecule has 0 bridgehead atoms. The summed E-state index contributed by atoms with van der Waals surface area (Å²) in [6.07, 6.45) is 0.177. The van der Waals surface area contributed by atoms with Gasteiger partial charge in [0.1, 0.15) is 22.0 Å². The molecule has 2 amide bonds. The lowest BCUT2D eigenvalue weighted by Gasteiger charge is -2.37. The Bertz CT molecular complexity index is 1370. The second-order valence-corrected chi connectivity index (χ2v) is 10.2. The van der Waals surface area contributed by atoms with Crippen molar-refractivity contribution in [3.05, 3.63) is 94.8 Å². The van der Waals surface area contributed by atoms with Crippen molar-refractivity contribution < 1.29 is 19.1 Å². The molecule has 4 rings (SSSR count). The van der Waals surface area contributed by atoms with Crippen molar-refractivity contribution in [3.8, 4) is 22.8 Å². The van der Waals surface area contributed by atoms with Crippen LogP contribution in [-0.4, -0.2) is 41.5 Å². The fraction of sp³-hybridized carbons (Fsp3) is 0.233. The first kappa shape index (κ1) is 26.9. The second-order valence-electron chi connectivity index (χ2n) is 9.24. The molecule has 4 aromatic rings. The van der Waals surface area contributed by atoms with Gasteiger partial charge in [-0.05, 0) is 67.9 Å². The normalized spacial score (nSPS) is 11.1. The second kappa shape index (κ2) is 11.9. The molecule has 7 nitrogen and oxygen atoms in total. The Morgan fingerprint density at radius 2 is 1.50 bits per heavy atom. The Labute approximate surface area is 227 Å². The molecule has 0 aliphatic carbocycles. The maximum Gasteiger partial charge on any atom is 0.249 e. The van der Waals surface area contributed by atoms with Crippen molar-refractivity contribution in [2.75, 3.05) is 19.5 Å². The van der Waals surface area contributed by atoms with E-state index in [2.05, 4.69) is 5.32 Å². The molecule has 0 spiro atoms. The number of aromatic nitrogens is 1. The third-order valence-electron chi connectivity index (χ3n) is 6.31. The summed E-state index contributed by atoms with van der Waals surface area (Å²) in [5.41, 5.74) is 2.11. The summed E-state index contributed by atoms with van der Waals surface area (Å²) in [4.78, 5) is 33.5. The fourth-order valence-corrected chi connectivity index (χ4v) is 4.75. The molecule has 0 atom stereocenters. The number of nitrogens with one attached hydrogen (secondary N) is 1. The fourth-order valence-electron chi connectivity index (χ4n) is 3.96. The van der Waals surface area contributed by atoms with E-state index in [4.69, 9.17) is 14.5 Å². The largest absolute Gasteiger partial charge is 0.497 e. The van der Waals surface area contributed by atoms with Gasteiger partial charge in [-0.25, -0.2) is 4.98 Å². The Morgan fingerprint density at radius 3 is 2.11 bits per heavy atom. The molecule has 0 fully saturated rings. The third-order valence-corrected chi connectivity index (χ3v) is 7.14. The van der Waals surface area contributed by atoms with Crippen LogP contribution in [0.1, 0.15) is 24.4 Å². The van der Waals surface area contributed by atoms with E-state index in [0.717, 1.165) is 27.6 Å². The lowest BCUT2D eigenvalue weighted by molar-refractivity contribution is -0.144. The number of benzene rings is 3. The highest BCUT2D eigenvalue weighted by Gasteiger charge is 2.38. The van der Waals surface area contributed by atoms with E-state index in [1.807, 2.05) is 60.0 Å². The van der Waals surface area contributed by atoms with Gasteiger partial charge in [-0.15, -0.1) is 11.3 Å². The summed E-state index contributed by atoms with van der Waals surface area (Å²) in [5, 5.41) is 5.64. The minimum Gasteiger partial charge on any atom is -0.497 e. The van der Waals surface area contributed by atoms with Crippen molar-refractivity contribution >= 4 is 28.8 Å². The summed E-state index contributed by atoms with van der Waals surface area (Å²) >= 11 is 1.46. The average molecular weight is 530 g/mol.